The van der Waals surface area contributed by atoms with Crippen LogP contribution in [0.5, 0.6) is 0 Å². The zero-order valence-electron chi connectivity index (χ0n) is 9.65. The molecule has 0 saturated carbocycles. The highest BCUT2D eigenvalue weighted by molar-refractivity contribution is 9.09. The van der Waals surface area contributed by atoms with Gasteiger partial charge in [0.15, 0.2) is 0 Å². The van der Waals surface area contributed by atoms with E-state index in [0.717, 1.165) is 29.7 Å². The van der Waals surface area contributed by atoms with Crippen LogP contribution in [0.1, 0.15) is 31.2 Å². The Balaban J connectivity index is 1.99. The fourth-order valence-corrected chi connectivity index (χ4v) is 3.67. The van der Waals surface area contributed by atoms with Crippen LogP contribution in [0.25, 0.3) is 0 Å². The second-order valence-electron chi connectivity index (χ2n) is 4.30. The van der Waals surface area contributed by atoms with Crippen LogP contribution in [0.2, 0.25) is 0 Å². The average molecular weight is 322 g/mol. The van der Waals surface area contributed by atoms with Crippen LogP contribution in [0.3, 0.4) is 0 Å². The molecule has 1 amide bonds. The molecule has 0 spiro atoms. The minimum absolute atomic E-state index is 0.0454. The van der Waals surface area contributed by atoms with Crippen LogP contribution in [0.4, 0.5) is 0 Å². The quantitative estimate of drug-likeness (QED) is 0.842. The van der Waals surface area contributed by atoms with Gasteiger partial charge in [-0.05, 0) is 35.1 Å². The number of nitrogens with one attached hydrogen (secondary N) is 1. The number of amides is 1. The van der Waals surface area contributed by atoms with Crippen molar-refractivity contribution in [2.75, 3.05) is 6.54 Å². The molecular formula is C14H12BrNOS. The number of hydrogen-bond acceptors (Lipinski definition) is 2. The molecule has 2 heterocycles. The largest absolute Gasteiger partial charge is 0.352 e. The van der Waals surface area contributed by atoms with Gasteiger partial charge in [0.1, 0.15) is 0 Å². The first-order valence-electron chi connectivity index (χ1n) is 5.84. The second kappa shape index (κ2) is 4.86. The molecule has 92 valence electrons. The van der Waals surface area contributed by atoms with Crippen molar-refractivity contribution in [3.05, 3.63) is 57.3 Å². The molecule has 0 bridgehead atoms. The monoisotopic (exact) mass is 321 g/mol. The number of carbonyl (C=O) groups is 1. The lowest BCUT2D eigenvalue weighted by molar-refractivity contribution is 0.0946. The third-order valence-electron chi connectivity index (χ3n) is 3.14. The SMILES string of the molecule is O=C1NCCc2ccc(C(Br)c3cccs3)cc21. The summed E-state index contributed by atoms with van der Waals surface area (Å²) in [6.07, 6.45) is 0.924. The van der Waals surface area contributed by atoms with Crippen molar-refractivity contribution in [1.82, 2.24) is 5.32 Å². The number of thiophene rings is 1. The van der Waals surface area contributed by atoms with Crippen molar-refractivity contribution >= 4 is 33.2 Å². The van der Waals surface area contributed by atoms with Crippen LogP contribution in [0.15, 0.2) is 35.7 Å². The third-order valence-corrected chi connectivity index (χ3v) is 5.41. The molecule has 0 radical (unpaired) electrons. The average Bonchev–Trinajstić information content (AvgIpc) is 2.92. The van der Waals surface area contributed by atoms with E-state index in [2.05, 4.69) is 44.8 Å². The van der Waals surface area contributed by atoms with Gasteiger partial charge in [0, 0.05) is 17.0 Å². The van der Waals surface area contributed by atoms with Gasteiger partial charge in [-0.2, -0.15) is 0 Å². The first-order valence-corrected chi connectivity index (χ1v) is 7.64. The Kier molecular flexibility index (Phi) is 3.22. The highest BCUT2D eigenvalue weighted by Crippen LogP contribution is 2.34. The van der Waals surface area contributed by atoms with Gasteiger partial charge in [-0.1, -0.05) is 34.1 Å². The summed E-state index contributed by atoms with van der Waals surface area (Å²) >= 11 is 5.42. The number of carbonyl (C=O) groups excluding carboxylic acids is 1. The molecular weight excluding hydrogens is 310 g/mol. The van der Waals surface area contributed by atoms with Crippen molar-refractivity contribution in [2.24, 2.45) is 0 Å². The van der Waals surface area contributed by atoms with Crippen molar-refractivity contribution in [2.45, 2.75) is 11.2 Å². The maximum Gasteiger partial charge on any atom is 0.251 e. The van der Waals surface area contributed by atoms with E-state index in [4.69, 9.17) is 0 Å². The Labute approximate surface area is 118 Å². The number of rotatable bonds is 2. The molecule has 1 atom stereocenters. The fraction of sp³-hybridized carbons (Fsp3) is 0.214. The molecule has 0 fully saturated rings. The van der Waals surface area contributed by atoms with Crippen LogP contribution in [-0.2, 0) is 6.42 Å². The first-order chi connectivity index (χ1) is 8.75. The van der Waals surface area contributed by atoms with Crippen molar-refractivity contribution in [3.63, 3.8) is 0 Å². The van der Waals surface area contributed by atoms with E-state index in [1.54, 1.807) is 11.3 Å². The standard InChI is InChI=1S/C14H12BrNOS/c15-13(12-2-1-7-18-12)10-4-3-9-5-6-16-14(17)11(9)8-10/h1-4,7-8,13H,5-6H2,(H,16,17). The van der Waals surface area contributed by atoms with Crippen LogP contribution >= 0.6 is 27.3 Å². The normalized spacial score (nSPS) is 15.9. The molecule has 1 N–H and O–H groups in total. The van der Waals surface area contributed by atoms with E-state index in [0.29, 0.717) is 0 Å². The Morgan fingerprint density at radius 3 is 3.00 bits per heavy atom. The van der Waals surface area contributed by atoms with Gasteiger partial charge in [-0.15, -0.1) is 11.3 Å². The first kappa shape index (κ1) is 11.9. The molecule has 1 aromatic heterocycles. The van der Waals surface area contributed by atoms with Gasteiger partial charge in [-0.25, -0.2) is 0 Å². The zero-order chi connectivity index (χ0) is 12.5. The van der Waals surface area contributed by atoms with Crippen molar-refractivity contribution in [1.29, 1.82) is 0 Å². The van der Waals surface area contributed by atoms with E-state index in [1.165, 1.54) is 4.88 Å². The topological polar surface area (TPSA) is 29.1 Å². The van der Waals surface area contributed by atoms with E-state index in [1.807, 2.05) is 12.1 Å². The Hall–Kier alpha value is -1.13. The number of fused-ring (bicyclic) bond motifs is 1. The van der Waals surface area contributed by atoms with Crippen LogP contribution in [0, 0.1) is 0 Å². The maximum atomic E-state index is 11.8. The Morgan fingerprint density at radius 1 is 1.33 bits per heavy atom. The highest BCUT2D eigenvalue weighted by atomic mass is 79.9. The summed E-state index contributed by atoms with van der Waals surface area (Å²) in [5, 5.41) is 4.95. The second-order valence-corrected chi connectivity index (χ2v) is 6.20. The van der Waals surface area contributed by atoms with E-state index in [-0.39, 0.29) is 10.7 Å². The summed E-state index contributed by atoms with van der Waals surface area (Å²) < 4.78 is 0. The van der Waals surface area contributed by atoms with Crippen LogP contribution in [-0.4, -0.2) is 12.5 Å². The molecule has 0 aliphatic carbocycles. The predicted molar refractivity (Wildman–Crippen MR) is 77.6 cm³/mol. The molecule has 2 nitrogen and oxygen atoms in total. The zero-order valence-corrected chi connectivity index (χ0v) is 12.1. The number of alkyl halides is 1. The summed E-state index contributed by atoms with van der Waals surface area (Å²) in [5.41, 5.74) is 3.10. The maximum absolute atomic E-state index is 11.8. The summed E-state index contributed by atoms with van der Waals surface area (Å²) in [7, 11) is 0. The van der Waals surface area contributed by atoms with Gasteiger partial charge in [0.25, 0.3) is 5.91 Å². The number of benzene rings is 1. The minimum Gasteiger partial charge on any atom is -0.352 e. The molecule has 18 heavy (non-hydrogen) atoms. The Bertz CT molecular complexity index is 579. The highest BCUT2D eigenvalue weighted by Gasteiger charge is 2.19. The van der Waals surface area contributed by atoms with Crippen molar-refractivity contribution < 1.29 is 4.79 Å². The summed E-state index contributed by atoms with van der Waals surface area (Å²) in [6.45, 7) is 0.744. The molecule has 4 heteroatoms. The van der Waals surface area contributed by atoms with Gasteiger partial charge in [-0.3, -0.25) is 4.79 Å². The minimum atomic E-state index is 0.0454. The number of hydrogen-bond donors (Lipinski definition) is 1. The van der Waals surface area contributed by atoms with Gasteiger partial charge in [0.05, 0.1) is 4.83 Å². The van der Waals surface area contributed by atoms with Crippen LogP contribution < -0.4 is 5.32 Å². The molecule has 0 saturated heterocycles. The lowest BCUT2D eigenvalue weighted by atomic mass is 9.96. The summed E-state index contributed by atoms with van der Waals surface area (Å²) in [5.74, 6) is 0.0454. The summed E-state index contributed by atoms with van der Waals surface area (Å²) in [6, 6.07) is 10.3. The Morgan fingerprint density at radius 2 is 2.22 bits per heavy atom. The molecule has 1 aliphatic heterocycles. The van der Waals surface area contributed by atoms with Gasteiger partial charge >= 0.3 is 0 Å². The van der Waals surface area contributed by atoms with E-state index >= 15 is 0 Å². The lowest BCUT2D eigenvalue weighted by Gasteiger charge is -2.18. The van der Waals surface area contributed by atoms with Gasteiger partial charge in [0.2, 0.25) is 0 Å². The van der Waals surface area contributed by atoms with E-state index < -0.39 is 0 Å². The number of halogens is 1. The molecule has 1 aliphatic rings. The van der Waals surface area contributed by atoms with Crippen molar-refractivity contribution in [3.8, 4) is 0 Å². The molecule has 2 aromatic rings. The molecule has 3 rings (SSSR count). The summed E-state index contributed by atoms with van der Waals surface area (Å²) in [4.78, 5) is 13.2. The third kappa shape index (κ3) is 2.10. The lowest BCUT2D eigenvalue weighted by Crippen LogP contribution is -2.31. The smallest absolute Gasteiger partial charge is 0.251 e. The van der Waals surface area contributed by atoms with E-state index in [9.17, 15) is 4.79 Å². The predicted octanol–water partition coefficient (Wildman–Crippen LogP) is 3.52. The fourth-order valence-electron chi connectivity index (χ4n) is 2.19. The van der Waals surface area contributed by atoms with Gasteiger partial charge < -0.3 is 5.32 Å². The molecule has 1 aromatic carbocycles. The molecule has 1 unspecified atom stereocenters.